The molecule has 0 unspecified atom stereocenters. The van der Waals surface area contributed by atoms with E-state index in [1.165, 1.54) is 0 Å². The summed E-state index contributed by atoms with van der Waals surface area (Å²) in [5.41, 5.74) is 4.79. The van der Waals surface area contributed by atoms with E-state index in [0.717, 1.165) is 27.7 Å². The van der Waals surface area contributed by atoms with Crippen molar-refractivity contribution in [2.45, 2.75) is 52.1 Å². The van der Waals surface area contributed by atoms with Crippen LogP contribution in [0.3, 0.4) is 0 Å². The molecule has 160 valence electrons. The van der Waals surface area contributed by atoms with Crippen molar-refractivity contribution in [3.8, 4) is 5.75 Å². The molecule has 0 N–H and O–H groups in total. The summed E-state index contributed by atoms with van der Waals surface area (Å²) in [5.74, 6) is 0.827. The molecule has 0 bridgehead atoms. The van der Waals surface area contributed by atoms with E-state index in [9.17, 15) is 9.59 Å². The summed E-state index contributed by atoms with van der Waals surface area (Å²) in [6.07, 6.45) is 1.88. The molecule has 0 atom stereocenters. The van der Waals surface area contributed by atoms with Gasteiger partial charge in [0.15, 0.2) is 11.4 Å². The molecule has 1 aromatic heterocycles. The van der Waals surface area contributed by atoms with E-state index in [0.29, 0.717) is 49.4 Å². The zero-order chi connectivity index (χ0) is 21.8. The van der Waals surface area contributed by atoms with Crippen LogP contribution in [0.2, 0.25) is 0 Å². The number of piperidine rings is 1. The fraction of sp³-hybridized carbons (Fsp3) is 0.400. The fourth-order valence-electron chi connectivity index (χ4n) is 4.87. The molecule has 1 amide bonds. The number of aryl methyl sites for hydroxylation is 3. The number of carbonyl (C=O) groups excluding carboxylic acids is 2. The lowest BCUT2D eigenvalue weighted by Gasteiger charge is -2.44. The highest BCUT2D eigenvalue weighted by Gasteiger charge is 2.43. The van der Waals surface area contributed by atoms with Crippen molar-refractivity contribution in [3.05, 3.63) is 58.3 Å². The molecule has 2 aliphatic heterocycles. The SMILES string of the molecule is Cc1ccc2c(c1)C(=O)CC1(CCN(C(=O)Cc3noc4c(C)cc(C)cc34)CC1)O2. The number of hydrogen-bond donors (Lipinski definition) is 0. The average molecular weight is 418 g/mol. The van der Waals surface area contributed by atoms with Crippen LogP contribution in [0.4, 0.5) is 0 Å². The summed E-state index contributed by atoms with van der Waals surface area (Å²) in [6.45, 7) is 7.13. The molecule has 6 heteroatoms. The Morgan fingerprint density at radius 2 is 1.87 bits per heavy atom. The molecule has 3 heterocycles. The first-order chi connectivity index (χ1) is 14.8. The predicted octanol–water partition coefficient (Wildman–Crippen LogP) is 4.32. The number of likely N-dealkylation sites (tertiary alicyclic amines) is 1. The van der Waals surface area contributed by atoms with Crippen LogP contribution in [0.5, 0.6) is 5.75 Å². The standard InChI is InChI=1S/C25H26N2O4/c1-15-4-5-22-19(11-15)21(28)14-25(30-22)6-8-27(9-7-25)23(29)13-20-18-12-16(2)10-17(3)24(18)31-26-20/h4-5,10-12H,6-9,13-14H2,1-3H3. The van der Waals surface area contributed by atoms with E-state index >= 15 is 0 Å². The Morgan fingerprint density at radius 1 is 1.10 bits per heavy atom. The summed E-state index contributed by atoms with van der Waals surface area (Å²) in [5, 5.41) is 5.08. The van der Waals surface area contributed by atoms with Crippen LogP contribution in [-0.2, 0) is 11.2 Å². The second-order valence-electron chi connectivity index (χ2n) is 9.03. The number of ketones is 1. The number of benzene rings is 2. The van der Waals surface area contributed by atoms with E-state index in [-0.39, 0.29) is 18.1 Å². The van der Waals surface area contributed by atoms with Gasteiger partial charge in [-0.15, -0.1) is 0 Å². The molecule has 2 aromatic carbocycles. The number of hydrogen-bond acceptors (Lipinski definition) is 5. The summed E-state index contributed by atoms with van der Waals surface area (Å²) in [6, 6.07) is 9.83. The van der Waals surface area contributed by atoms with Crippen LogP contribution in [0, 0.1) is 20.8 Å². The van der Waals surface area contributed by atoms with Crippen molar-refractivity contribution >= 4 is 22.7 Å². The Hall–Kier alpha value is -3.15. The molecule has 31 heavy (non-hydrogen) atoms. The van der Waals surface area contributed by atoms with Crippen molar-refractivity contribution in [1.82, 2.24) is 10.1 Å². The minimum absolute atomic E-state index is 0.0300. The van der Waals surface area contributed by atoms with Gasteiger partial charge in [0.1, 0.15) is 17.0 Å². The van der Waals surface area contributed by atoms with Crippen molar-refractivity contribution < 1.29 is 18.8 Å². The van der Waals surface area contributed by atoms with Gasteiger partial charge in [0.05, 0.1) is 18.4 Å². The van der Waals surface area contributed by atoms with Crippen molar-refractivity contribution in [1.29, 1.82) is 0 Å². The zero-order valence-electron chi connectivity index (χ0n) is 18.2. The number of fused-ring (bicyclic) bond motifs is 2. The predicted molar refractivity (Wildman–Crippen MR) is 116 cm³/mol. The van der Waals surface area contributed by atoms with E-state index in [2.05, 4.69) is 5.16 Å². The largest absolute Gasteiger partial charge is 0.486 e. The Labute approximate surface area is 181 Å². The van der Waals surface area contributed by atoms with E-state index in [4.69, 9.17) is 9.26 Å². The Bertz CT molecular complexity index is 1200. The molecular weight excluding hydrogens is 392 g/mol. The van der Waals surface area contributed by atoms with Crippen LogP contribution in [-0.4, -0.2) is 40.4 Å². The van der Waals surface area contributed by atoms with Crippen LogP contribution in [0.25, 0.3) is 11.0 Å². The van der Waals surface area contributed by atoms with Gasteiger partial charge in [-0.25, -0.2) is 0 Å². The van der Waals surface area contributed by atoms with E-state index in [1.54, 1.807) is 0 Å². The molecule has 1 saturated heterocycles. The minimum Gasteiger partial charge on any atom is -0.486 e. The van der Waals surface area contributed by atoms with Gasteiger partial charge in [-0.05, 0) is 50.1 Å². The number of rotatable bonds is 2. The monoisotopic (exact) mass is 418 g/mol. The first-order valence-corrected chi connectivity index (χ1v) is 10.8. The zero-order valence-corrected chi connectivity index (χ0v) is 18.2. The molecule has 2 aliphatic rings. The third kappa shape index (κ3) is 3.50. The Balaban J connectivity index is 1.28. The quantitative estimate of drug-likeness (QED) is 0.620. The van der Waals surface area contributed by atoms with Crippen molar-refractivity contribution in [2.75, 3.05) is 13.1 Å². The van der Waals surface area contributed by atoms with Gasteiger partial charge in [0.25, 0.3) is 0 Å². The van der Waals surface area contributed by atoms with Gasteiger partial charge < -0.3 is 14.2 Å². The number of carbonyl (C=O) groups is 2. The van der Waals surface area contributed by atoms with Gasteiger partial charge in [-0.2, -0.15) is 0 Å². The molecule has 3 aromatic rings. The summed E-state index contributed by atoms with van der Waals surface area (Å²) in [7, 11) is 0. The van der Waals surface area contributed by atoms with E-state index < -0.39 is 5.60 Å². The van der Waals surface area contributed by atoms with Gasteiger partial charge in [-0.3, -0.25) is 9.59 Å². The molecule has 0 aliphatic carbocycles. The first kappa shape index (κ1) is 19.8. The maximum absolute atomic E-state index is 13.0. The van der Waals surface area contributed by atoms with Crippen LogP contribution < -0.4 is 4.74 Å². The van der Waals surface area contributed by atoms with Gasteiger partial charge in [0.2, 0.25) is 5.91 Å². The lowest BCUT2D eigenvalue weighted by molar-refractivity contribution is -0.134. The summed E-state index contributed by atoms with van der Waals surface area (Å²) < 4.78 is 11.8. The highest BCUT2D eigenvalue weighted by Crippen LogP contribution is 2.39. The van der Waals surface area contributed by atoms with Crippen molar-refractivity contribution in [2.24, 2.45) is 0 Å². The third-order valence-electron chi connectivity index (χ3n) is 6.57. The Morgan fingerprint density at radius 3 is 2.65 bits per heavy atom. The molecule has 5 rings (SSSR count). The minimum atomic E-state index is -0.509. The number of nitrogens with zero attached hydrogens (tertiary/aromatic N) is 2. The van der Waals surface area contributed by atoms with E-state index in [1.807, 2.05) is 56.0 Å². The van der Waals surface area contributed by atoms with Crippen molar-refractivity contribution in [3.63, 3.8) is 0 Å². The lowest BCUT2D eigenvalue weighted by Crippen LogP contribution is -2.52. The highest BCUT2D eigenvalue weighted by atomic mass is 16.5. The number of ether oxygens (including phenoxy) is 1. The molecule has 0 saturated carbocycles. The second-order valence-corrected chi connectivity index (χ2v) is 9.03. The smallest absolute Gasteiger partial charge is 0.228 e. The third-order valence-corrected chi connectivity index (χ3v) is 6.57. The lowest BCUT2D eigenvalue weighted by atomic mass is 9.82. The summed E-state index contributed by atoms with van der Waals surface area (Å²) in [4.78, 5) is 27.6. The fourth-order valence-corrected chi connectivity index (χ4v) is 4.87. The normalized spacial score (nSPS) is 17.6. The van der Waals surface area contributed by atoms with Gasteiger partial charge in [0, 0.05) is 31.3 Å². The van der Waals surface area contributed by atoms with Crippen LogP contribution in [0.1, 0.15) is 52.0 Å². The topological polar surface area (TPSA) is 72.6 Å². The number of amides is 1. The van der Waals surface area contributed by atoms with Gasteiger partial charge in [-0.1, -0.05) is 22.9 Å². The Kier molecular flexibility index (Phi) is 4.61. The molecular formula is C25H26N2O4. The van der Waals surface area contributed by atoms with Crippen LogP contribution in [0.15, 0.2) is 34.9 Å². The molecule has 1 spiro atoms. The second kappa shape index (κ2) is 7.22. The highest BCUT2D eigenvalue weighted by molar-refractivity contribution is 6.00. The maximum atomic E-state index is 13.0. The van der Waals surface area contributed by atoms with Crippen LogP contribution >= 0.6 is 0 Å². The summed E-state index contributed by atoms with van der Waals surface area (Å²) >= 11 is 0. The molecule has 0 radical (unpaired) electrons. The maximum Gasteiger partial charge on any atom is 0.228 e. The van der Waals surface area contributed by atoms with Gasteiger partial charge >= 0.3 is 0 Å². The number of Topliss-reactive ketones (excluding diaryl/α,β-unsaturated/α-hetero) is 1. The molecule has 1 fully saturated rings. The molecule has 6 nitrogen and oxygen atoms in total. The average Bonchev–Trinajstić information content (AvgIpc) is 3.12. The first-order valence-electron chi connectivity index (χ1n) is 10.8. The number of aromatic nitrogens is 1.